The van der Waals surface area contributed by atoms with Crippen LogP contribution in [0.2, 0.25) is 0 Å². The van der Waals surface area contributed by atoms with Crippen LogP contribution in [0, 0.1) is 6.92 Å². The summed E-state index contributed by atoms with van der Waals surface area (Å²) in [5.74, 6) is 1.44. The van der Waals surface area contributed by atoms with Crippen molar-refractivity contribution in [2.75, 3.05) is 0 Å². The highest BCUT2D eigenvalue weighted by Gasteiger charge is 2.13. The summed E-state index contributed by atoms with van der Waals surface area (Å²) >= 11 is 0. The van der Waals surface area contributed by atoms with Crippen LogP contribution < -0.4 is 5.32 Å². The molecule has 0 unspecified atom stereocenters. The number of carbonyl (C=O) groups is 1. The summed E-state index contributed by atoms with van der Waals surface area (Å²) in [6, 6.07) is 10.2. The van der Waals surface area contributed by atoms with Crippen LogP contribution >= 0.6 is 0 Å². The molecule has 0 aliphatic carbocycles. The van der Waals surface area contributed by atoms with E-state index in [1.54, 1.807) is 0 Å². The number of hydrogen-bond donors (Lipinski definition) is 2. The Morgan fingerprint density at radius 3 is 2.71 bits per heavy atom. The molecule has 21 heavy (non-hydrogen) atoms. The van der Waals surface area contributed by atoms with Crippen LogP contribution in [0.4, 0.5) is 0 Å². The van der Waals surface area contributed by atoms with E-state index in [0.717, 1.165) is 25.1 Å². The Morgan fingerprint density at radius 2 is 2.05 bits per heavy atom. The molecule has 5 heteroatoms. The van der Waals surface area contributed by atoms with Gasteiger partial charge in [-0.25, -0.2) is 4.98 Å². The molecule has 1 amide bonds. The summed E-state index contributed by atoms with van der Waals surface area (Å²) in [5, 5.41) is 9.76. The number of aryl methyl sites for hydroxylation is 2. The van der Waals surface area contributed by atoms with Gasteiger partial charge in [0.1, 0.15) is 5.82 Å². The third-order valence-electron chi connectivity index (χ3n) is 3.34. The van der Waals surface area contributed by atoms with Crippen LogP contribution in [-0.4, -0.2) is 21.1 Å². The molecule has 112 valence electrons. The molecule has 2 aromatic rings. The fraction of sp³-hybridized carbons (Fsp3) is 0.438. The molecule has 0 fully saturated rings. The Bertz CT molecular complexity index is 565. The van der Waals surface area contributed by atoms with Gasteiger partial charge in [-0.1, -0.05) is 30.3 Å². The first kappa shape index (κ1) is 15.2. The minimum absolute atomic E-state index is 0.0537. The lowest BCUT2D eigenvalue weighted by Crippen LogP contribution is -2.27. The van der Waals surface area contributed by atoms with E-state index in [4.69, 9.17) is 0 Å². The number of aromatic amines is 1. The molecule has 0 aliphatic heterocycles. The standard InChI is InChI=1S/C16H22N4O/c1-12(16-18-13(2)19-20-16)17-15(21)11-7-6-10-14-8-4-3-5-9-14/h3-5,8-9,12H,6-7,10-11H2,1-2H3,(H,17,21)(H,18,19,20)/t12-/m1/s1. The molecule has 1 aromatic heterocycles. The Balaban J connectivity index is 1.65. The van der Waals surface area contributed by atoms with Gasteiger partial charge in [0.15, 0.2) is 5.82 Å². The number of hydrogen-bond acceptors (Lipinski definition) is 3. The lowest BCUT2D eigenvalue weighted by molar-refractivity contribution is -0.121. The molecule has 0 saturated heterocycles. The summed E-state index contributed by atoms with van der Waals surface area (Å²) in [6.07, 6.45) is 3.47. The molecular formula is C16H22N4O. The maximum absolute atomic E-state index is 11.9. The first-order chi connectivity index (χ1) is 10.1. The van der Waals surface area contributed by atoms with Gasteiger partial charge in [-0.2, -0.15) is 5.10 Å². The van der Waals surface area contributed by atoms with Gasteiger partial charge in [-0.05, 0) is 38.7 Å². The molecular weight excluding hydrogens is 264 g/mol. The highest BCUT2D eigenvalue weighted by Crippen LogP contribution is 2.09. The third kappa shape index (κ3) is 5.02. The predicted molar refractivity (Wildman–Crippen MR) is 81.7 cm³/mol. The molecule has 1 atom stereocenters. The maximum Gasteiger partial charge on any atom is 0.220 e. The van der Waals surface area contributed by atoms with Crippen LogP contribution in [0.3, 0.4) is 0 Å². The van der Waals surface area contributed by atoms with Crippen LogP contribution in [0.15, 0.2) is 30.3 Å². The molecule has 0 spiro atoms. The quantitative estimate of drug-likeness (QED) is 0.769. The molecule has 0 aliphatic rings. The second kappa shape index (κ2) is 7.57. The van der Waals surface area contributed by atoms with Crippen LogP contribution in [0.1, 0.15) is 49.4 Å². The number of carbonyl (C=O) groups excluding carboxylic acids is 1. The Hall–Kier alpha value is -2.17. The second-order valence-electron chi connectivity index (χ2n) is 5.26. The van der Waals surface area contributed by atoms with Crippen molar-refractivity contribution in [1.82, 2.24) is 20.5 Å². The molecule has 1 heterocycles. The van der Waals surface area contributed by atoms with Gasteiger partial charge in [0, 0.05) is 6.42 Å². The Morgan fingerprint density at radius 1 is 1.29 bits per heavy atom. The van der Waals surface area contributed by atoms with Crippen molar-refractivity contribution >= 4 is 5.91 Å². The average Bonchev–Trinajstić information content (AvgIpc) is 2.91. The zero-order chi connectivity index (χ0) is 15.1. The first-order valence-electron chi connectivity index (χ1n) is 7.37. The van der Waals surface area contributed by atoms with Gasteiger partial charge >= 0.3 is 0 Å². The number of nitrogens with zero attached hydrogens (tertiary/aromatic N) is 2. The van der Waals surface area contributed by atoms with E-state index < -0.39 is 0 Å². The topological polar surface area (TPSA) is 70.7 Å². The molecule has 0 radical (unpaired) electrons. The molecule has 0 bridgehead atoms. The second-order valence-corrected chi connectivity index (χ2v) is 5.26. The van der Waals surface area contributed by atoms with Gasteiger partial charge < -0.3 is 5.32 Å². The highest BCUT2D eigenvalue weighted by molar-refractivity contribution is 5.76. The summed E-state index contributed by atoms with van der Waals surface area (Å²) in [5.41, 5.74) is 1.32. The fourth-order valence-corrected chi connectivity index (χ4v) is 2.19. The first-order valence-corrected chi connectivity index (χ1v) is 7.37. The van der Waals surface area contributed by atoms with Crippen LogP contribution in [0.5, 0.6) is 0 Å². The molecule has 0 saturated carbocycles. The van der Waals surface area contributed by atoms with Crippen LogP contribution in [-0.2, 0) is 11.2 Å². The number of aromatic nitrogens is 3. The van der Waals surface area contributed by atoms with E-state index in [0.29, 0.717) is 12.2 Å². The number of benzene rings is 1. The van der Waals surface area contributed by atoms with E-state index in [1.165, 1.54) is 5.56 Å². The van der Waals surface area contributed by atoms with Gasteiger partial charge in [-0.15, -0.1) is 0 Å². The summed E-state index contributed by atoms with van der Waals surface area (Å²) in [4.78, 5) is 16.1. The Kier molecular flexibility index (Phi) is 5.49. The summed E-state index contributed by atoms with van der Waals surface area (Å²) < 4.78 is 0. The number of H-pyrrole nitrogens is 1. The summed E-state index contributed by atoms with van der Waals surface area (Å²) in [6.45, 7) is 3.74. The largest absolute Gasteiger partial charge is 0.346 e. The predicted octanol–water partition coefficient (Wildman–Crippen LogP) is 2.70. The Labute approximate surface area is 125 Å². The van der Waals surface area contributed by atoms with Crippen molar-refractivity contribution in [3.63, 3.8) is 0 Å². The minimum atomic E-state index is -0.156. The number of nitrogens with one attached hydrogen (secondary N) is 2. The van der Waals surface area contributed by atoms with Crippen molar-refractivity contribution < 1.29 is 4.79 Å². The smallest absolute Gasteiger partial charge is 0.220 e. The number of amides is 1. The van der Waals surface area contributed by atoms with Crippen molar-refractivity contribution in [2.24, 2.45) is 0 Å². The SMILES string of the molecule is Cc1nc([C@@H](C)NC(=O)CCCCc2ccccc2)n[nH]1. The normalized spacial score (nSPS) is 12.1. The van der Waals surface area contributed by atoms with E-state index >= 15 is 0 Å². The van der Waals surface area contributed by atoms with Crippen molar-refractivity contribution in [1.29, 1.82) is 0 Å². The molecule has 1 aromatic carbocycles. The van der Waals surface area contributed by atoms with Crippen molar-refractivity contribution in [3.8, 4) is 0 Å². The van der Waals surface area contributed by atoms with Crippen molar-refractivity contribution in [2.45, 2.75) is 45.6 Å². The molecule has 2 N–H and O–H groups in total. The van der Waals surface area contributed by atoms with Crippen molar-refractivity contribution in [3.05, 3.63) is 47.5 Å². The number of rotatable bonds is 7. The van der Waals surface area contributed by atoms with E-state index in [2.05, 4.69) is 32.6 Å². The molecule has 5 nitrogen and oxygen atoms in total. The lowest BCUT2D eigenvalue weighted by atomic mass is 10.1. The van der Waals surface area contributed by atoms with Gasteiger partial charge in [0.25, 0.3) is 0 Å². The van der Waals surface area contributed by atoms with Gasteiger partial charge in [0.2, 0.25) is 5.91 Å². The summed E-state index contributed by atoms with van der Waals surface area (Å²) in [7, 11) is 0. The minimum Gasteiger partial charge on any atom is -0.346 e. The number of unbranched alkanes of at least 4 members (excludes halogenated alkanes) is 1. The van der Waals surface area contributed by atoms with E-state index in [-0.39, 0.29) is 11.9 Å². The van der Waals surface area contributed by atoms with E-state index in [9.17, 15) is 4.79 Å². The third-order valence-corrected chi connectivity index (χ3v) is 3.34. The molecule has 2 rings (SSSR count). The van der Waals surface area contributed by atoms with Gasteiger partial charge in [-0.3, -0.25) is 9.89 Å². The highest BCUT2D eigenvalue weighted by atomic mass is 16.1. The van der Waals surface area contributed by atoms with E-state index in [1.807, 2.05) is 32.0 Å². The van der Waals surface area contributed by atoms with Gasteiger partial charge in [0.05, 0.1) is 6.04 Å². The lowest BCUT2D eigenvalue weighted by Gasteiger charge is -2.10. The monoisotopic (exact) mass is 286 g/mol. The average molecular weight is 286 g/mol. The zero-order valence-corrected chi connectivity index (χ0v) is 12.6. The maximum atomic E-state index is 11.9. The zero-order valence-electron chi connectivity index (χ0n) is 12.6. The fourth-order valence-electron chi connectivity index (χ4n) is 2.19. The van der Waals surface area contributed by atoms with Crippen LogP contribution in [0.25, 0.3) is 0 Å².